The van der Waals surface area contributed by atoms with Crippen molar-refractivity contribution in [3.63, 3.8) is 0 Å². The molecular weight excluding hydrogens is 258 g/mol. The molecule has 0 radical (unpaired) electrons. The first-order valence-corrected chi connectivity index (χ1v) is 6.11. The molecular formula is C9H15N5O3S. The Morgan fingerprint density at radius 2 is 2.17 bits per heavy atom. The van der Waals surface area contributed by atoms with E-state index in [4.69, 9.17) is 11.5 Å². The Morgan fingerprint density at radius 3 is 2.72 bits per heavy atom. The van der Waals surface area contributed by atoms with E-state index in [-0.39, 0.29) is 0 Å². The van der Waals surface area contributed by atoms with Crippen LogP contribution >= 0.6 is 11.8 Å². The average molecular weight is 273 g/mol. The van der Waals surface area contributed by atoms with Gasteiger partial charge >= 0.3 is 11.1 Å². The van der Waals surface area contributed by atoms with Gasteiger partial charge in [0.25, 0.3) is 0 Å². The fourth-order valence-corrected chi connectivity index (χ4v) is 2.16. The van der Waals surface area contributed by atoms with E-state index in [0.717, 1.165) is 0 Å². The zero-order chi connectivity index (χ0) is 13.9. The zero-order valence-corrected chi connectivity index (χ0v) is 10.9. The van der Waals surface area contributed by atoms with Gasteiger partial charge in [-0.05, 0) is 13.3 Å². The van der Waals surface area contributed by atoms with Gasteiger partial charge in [-0.2, -0.15) is 4.98 Å². The van der Waals surface area contributed by atoms with E-state index < -0.39 is 22.6 Å². The summed E-state index contributed by atoms with van der Waals surface area (Å²) in [6, 6.07) is 0. The second-order valence-corrected chi connectivity index (χ2v) is 5.14. The maximum Gasteiger partial charge on any atom is 0.339 e. The van der Waals surface area contributed by atoms with Gasteiger partial charge in [0.15, 0.2) is 5.16 Å². The SMILES string of the molecule is Cn1[nH]c(=O)c(=O)nc1SCCC(C)(N)C(N)=O. The monoisotopic (exact) mass is 273 g/mol. The van der Waals surface area contributed by atoms with Crippen LogP contribution in [0.2, 0.25) is 0 Å². The molecule has 100 valence electrons. The highest BCUT2D eigenvalue weighted by molar-refractivity contribution is 7.99. The number of H-pyrrole nitrogens is 1. The van der Waals surface area contributed by atoms with E-state index in [1.165, 1.54) is 23.4 Å². The van der Waals surface area contributed by atoms with Crippen LogP contribution in [-0.4, -0.2) is 32.0 Å². The number of nitrogens with one attached hydrogen (secondary N) is 1. The molecule has 0 fully saturated rings. The fourth-order valence-electron chi connectivity index (χ4n) is 1.07. The number of thioether (sulfide) groups is 1. The Kier molecular flexibility index (Phi) is 4.30. The molecule has 9 heteroatoms. The minimum absolute atomic E-state index is 0.335. The average Bonchev–Trinajstić information content (AvgIpc) is 2.25. The molecule has 1 atom stereocenters. The highest BCUT2D eigenvalue weighted by Crippen LogP contribution is 2.16. The van der Waals surface area contributed by atoms with Gasteiger partial charge in [-0.25, -0.2) is 0 Å². The normalized spacial score (nSPS) is 14.2. The van der Waals surface area contributed by atoms with Crippen LogP contribution in [0.5, 0.6) is 0 Å². The van der Waals surface area contributed by atoms with Crippen LogP contribution in [0.25, 0.3) is 0 Å². The molecule has 1 rings (SSSR count). The first kappa shape index (κ1) is 14.5. The van der Waals surface area contributed by atoms with Gasteiger partial charge in [-0.1, -0.05) is 11.8 Å². The third-order valence-corrected chi connectivity index (χ3v) is 3.39. The van der Waals surface area contributed by atoms with E-state index in [0.29, 0.717) is 17.3 Å². The molecule has 5 N–H and O–H groups in total. The number of carbonyl (C=O) groups excluding carboxylic acids is 1. The molecule has 0 aliphatic heterocycles. The zero-order valence-electron chi connectivity index (χ0n) is 10.1. The summed E-state index contributed by atoms with van der Waals surface area (Å²) in [5, 5.41) is 2.67. The van der Waals surface area contributed by atoms with Crippen LogP contribution in [0.4, 0.5) is 0 Å². The Morgan fingerprint density at radius 1 is 1.56 bits per heavy atom. The summed E-state index contributed by atoms with van der Waals surface area (Å²) in [6.07, 6.45) is 0.335. The van der Waals surface area contributed by atoms with Gasteiger partial charge in [0.2, 0.25) is 5.91 Å². The van der Waals surface area contributed by atoms with Gasteiger partial charge in [0.05, 0.1) is 5.54 Å². The standard InChI is InChI=1S/C9H15N5O3S/c1-9(11,7(10)17)3-4-18-8-12-5(15)6(16)13-14(8)2/h3-4,11H2,1-2H3,(H2,10,17)(H,13,16). The third-order valence-electron chi connectivity index (χ3n) is 2.36. The third kappa shape index (κ3) is 3.44. The number of aryl methyl sites for hydroxylation is 1. The number of aromatic nitrogens is 3. The number of nitrogens with two attached hydrogens (primary N) is 2. The summed E-state index contributed by atoms with van der Waals surface area (Å²) in [4.78, 5) is 36.7. The maximum absolute atomic E-state index is 11.1. The van der Waals surface area contributed by atoms with E-state index in [1.807, 2.05) is 0 Å². The van der Waals surface area contributed by atoms with E-state index >= 15 is 0 Å². The molecule has 0 aromatic carbocycles. The number of hydrogen-bond acceptors (Lipinski definition) is 6. The van der Waals surface area contributed by atoms with Crippen molar-refractivity contribution < 1.29 is 4.79 Å². The molecule has 1 amide bonds. The number of hydrogen-bond donors (Lipinski definition) is 3. The van der Waals surface area contributed by atoms with Gasteiger partial charge in [0, 0.05) is 12.8 Å². The van der Waals surface area contributed by atoms with E-state index in [1.54, 1.807) is 7.05 Å². The summed E-state index contributed by atoms with van der Waals surface area (Å²) >= 11 is 1.21. The molecule has 0 bridgehead atoms. The highest BCUT2D eigenvalue weighted by atomic mass is 32.2. The summed E-state index contributed by atoms with van der Waals surface area (Å²) in [5.41, 5.74) is 8.09. The van der Waals surface area contributed by atoms with Crippen LogP contribution in [0.3, 0.4) is 0 Å². The van der Waals surface area contributed by atoms with Gasteiger partial charge in [-0.15, -0.1) is 0 Å². The topological polar surface area (TPSA) is 137 Å². The van der Waals surface area contributed by atoms with Crippen LogP contribution in [0, 0.1) is 0 Å². The Labute approximate surface area is 107 Å². The smallest absolute Gasteiger partial charge is 0.339 e. The minimum Gasteiger partial charge on any atom is -0.368 e. The number of nitrogens with zero attached hydrogens (tertiary/aromatic N) is 2. The second-order valence-electron chi connectivity index (χ2n) is 4.08. The lowest BCUT2D eigenvalue weighted by molar-refractivity contribution is -0.122. The number of carbonyl (C=O) groups is 1. The van der Waals surface area contributed by atoms with Crippen molar-refractivity contribution in [2.45, 2.75) is 24.0 Å². The van der Waals surface area contributed by atoms with Crippen LogP contribution < -0.4 is 22.6 Å². The van der Waals surface area contributed by atoms with Gasteiger partial charge in [-0.3, -0.25) is 24.2 Å². The maximum atomic E-state index is 11.1. The lowest BCUT2D eigenvalue weighted by Crippen LogP contribution is -2.49. The lowest BCUT2D eigenvalue weighted by Gasteiger charge is -2.19. The van der Waals surface area contributed by atoms with Crippen molar-refractivity contribution in [1.29, 1.82) is 0 Å². The highest BCUT2D eigenvalue weighted by Gasteiger charge is 2.25. The number of primary amides is 1. The van der Waals surface area contributed by atoms with Crippen molar-refractivity contribution in [3.8, 4) is 0 Å². The Balaban J connectivity index is 2.71. The lowest BCUT2D eigenvalue weighted by atomic mass is 10.0. The Hall–Kier alpha value is -1.61. The molecule has 0 aliphatic rings. The van der Waals surface area contributed by atoms with Crippen molar-refractivity contribution in [2.24, 2.45) is 18.5 Å². The molecule has 0 saturated heterocycles. The second kappa shape index (κ2) is 5.36. The number of rotatable bonds is 5. The summed E-state index contributed by atoms with van der Waals surface area (Å²) in [6.45, 7) is 1.54. The minimum atomic E-state index is -1.10. The van der Waals surface area contributed by atoms with Crippen molar-refractivity contribution in [2.75, 3.05) is 5.75 Å². The molecule has 18 heavy (non-hydrogen) atoms. The summed E-state index contributed by atoms with van der Waals surface area (Å²) in [5.74, 6) is -0.145. The van der Waals surface area contributed by atoms with Gasteiger partial charge in [0.1, 0.15) is 0 Å². The molecule has 0 saturated carbocycles. The van der Waals surface area contributed by atoms with Crippen LogP contribution in [0.15, 0.2) is 14.7 Å². The fraction of sp³-hybridized carbons (Fsp3) is 0.556. The van der Waals surface area contributed by atoms with Crippen molar-refractivity contribution in [1.82, 2.24) is 14.8 Å². The molecule has 1 aromatic rings. The molecule has 8 nitrogen and oxygen atoms in total. The molecule has 0 spiro atoms. The summed E-state index contributed by atoms with van der Waals surface area (Å²) < 4.78 is 1.34. The first-order valence-electron chi connectivity index (χ1n) is 5.13. The molecule has 1 heterocycles. The first-order chi connectivity index (χ1) is 8.24. The predicted molar refractivity (Wildman–Crippen MR) is 67.2 cm³/mol. The number of aromatic amines is 1. The van der Waals surface area contributed by atoms with Crippen LogP contribution in [-0.2, 0) is 11.8 Å². The number of amides is 1. The molecule has 1 aromatic heterocycles. The van der Waals surface area contributed by atoms with Crippen molar-refractivity contribution >= 4 is 17.7 Å². The van der Waals surface area contributed by atoms with E-state index in [9.17, 15) is 14.4 Å². The molecule has 0 aliphatic carbocycles. The van der Waals surface area contributed by atoms with Gasteiger partial charge < -0.3 is 11.5 Å². The Bertz CT molecular complexity index is 562. The largest absolute Gasteiger partial charge is 0.368 e. The van der Waals surface area contributed by atoms with Crippen LogP contribution in [0.1, 0.15) is 13.3 Å². The summed E-state index contributed by atoms with van der Waals surface area (Å²) in [7, 11) is 1.56. The van der Waals surface area contributed by atoms with E-state index in [2.05, 4.69) is 10.1 Å². The quantitative estimate of drug-likeness (QED) is 0.425. The predicted octanol–water partition coefficient (Wildman–Crippen LogP) is -1.85. The van der Waals surface area contributed by atoms with Crippen molar-refractivity contribution in [3.05, 3.63) is 20.7 Å². The molecule has 1 unspecified atom stereocenters.